The van der Waals surface area contributed by atoms with E-state index in [0.29, 0.717) is 29.8 Å². The molecule has 0 unspecified atom stereocenters. The summed E-state index contributed by atoms with van der Waals surface area (Å²) in [4.78, 5) is 32.2. The quantitative estimate of drug-likeness (QED) is 0.464. The molecule has 0 saturated carbocycles. The van der Waals surface area contributed by atoms with Crippen LogP contribution in [0.1, 0.15) is 19.4 Å². The zero-order valence-corrected chi connectivity index (χ0v) is 17.9. The van der Waals surface area contributed by atoms with Crippen LogP contribution in [0.3, 0.4) is 0 Å². The largest absolute Gasteiger partial charge is 0.330 e. The van der Waals surface area contributed by atoms with E-state index in [1.165, 1.54) is 0 Å². The molecule has 7 heteroatoms. The fourth-order valence-electron chi connectivity index (χ4n) is 4.21. The molecule has 0 radical (unpaired) electrons. The number of benzene rings is 2. The Hall–Kier alpha value is -4.00. The van der Waals surface area contributed by atoms with E-state index in [0.717, 1.165) is 21.9 Å². The average Bonchev–Trinajstić information content (AvgIpc) is 3.17. The van der Waals surface area contributed by atoms with E-state index in [1.54, 1.807) is 17.0 Å². The Balaban J connectivity index is 1.81. The van der Waals surface area contributed by atoms with Crippen molar-refractivity contribution in [2.24, 2.45) is 5.92 Å². The summed E-state index contributed by atoms with van der Waals surface area (Å²) in [5.41, 5.74) is 2.12. The van der Waals surface area contributed by atoms with Crippen molar-refractivity contribution in [2.45, 2.75) is 26.9 Å². The molecule has 160 valence electrons. The second-order valence-electron chi connectivity index (χ2n) is 8.34. The maximum atomic E-state index is 13.0. The third kappa shape index (κ3) is 3.41. The van der Waals surface area contributed by atoms with Crippen LogP contribution in [-0.4, -0.2) is 24.3 Å². The van der Waals surface area contributed by atoms with E-state index >= 15 is 0 Å². The van der Waals surface area contributed by atoms with E-state index < -0.39 is 11.2 Å². The highest BCUT2D eigenvalue weighted by Gasteiger charge is 2.21. The van der Waals surface area contributed by atoms with Gasteiger partial charge in [0.2, 0.25) is 0 Å². The van der Waals surface area contributed by atoms with E-state index in [2.05, 4.69) is 34.2 Å². The fraction of sp³-hybridized carbons (Fsp3) is 0.200. The number of hydrogen-bond donors (Lipinski definition) is 1. The van der Waals surface area contributed by atoms with E-state index in [9.17, 15) is 9.59 Å². The van der Waals surface area contributed by atoms with Gasteiger partial charge in [0.15, 0.2) is 5.65 Å². The molecule has 0 saturated heterocycles. The van der Waals surface area contributed by atoms with Gasteiger partial charge >= 0.3 is 5.69 Å². The minimum Gasteiger partial charge on any atom is -0.276 e. The summed E-state index contributed by atoms with van der Waals surface area (Å²) in [5.74, 6) is 0.217. The number of nitrogens with zero attached hydrogens (tertiary/aromatic N) is 4. The van der Waals surface area contributed by atoms with Gasteiger partial charge in [0.05, 0.1) is 12.2 Å². The summed E-state index contributed by atoms with van der Waals surface area (Å²) >= 11 is 0. The van der Waals surface area contributed by atoms with E-state index in [4.69, 9.17) is 5.10 Å². The number of fused-ring (bicyclic) bond motifs is 2. The fourth-order valence-corrected chi connectivity index (χ4v) is 4.21. The molecule has 3 heterocycles. The van der Waals surface area contributed by atoms with Crippen molar-refractivity contribution in [1.82, 2.24) is 24.3 Å². The molecule has 1 N–H and O–H groups in total. The van der Waals surface area contributed by atoms with Crippen LogP contribution in [0.15, 0.2) is 76.6 Å². The second kappa shape index (κ2) is 7.92. The summed E-state index contributed by atoms with van der Waals surface area (Å²) in [6, 6.07) is 18.1. The maximum absolute atomic E-state index is 13.0. The van der Waals surface area contributed by atoms with Crippen molar-refractivity contribution < 1.29 is 0 Å². The van der Waals surface area contributed by atoms with Crippen LogP contribution in [0.2, 0.25) is 0 Å². The minimum atomic E-state index is -0.438. The van der Waals surface area contributed by atoms with Crippen molar-refractivity contribution in [1.29, 1.82) is 0 Å². The van der Waals surface area contributed by atoms with Gasteiger partial charge in [0.1, 0.15) is 5.39 Å². The SMILES string of the molecule is CC(C)Cn1c(=O)[nH]c(=O)c2c(-c3ccncc3)n(Cc3cccc4ccccc34)nc21. The molecule has 2 aromatic carbocycles. The first-order valence-electron chi connectivity index (χ1n) is 10.6. The third-order valence-electron chi connectivity index (χ3n) is 5.58. The van der Waals surface area contributed by atoms with Gasteiger partial charge in [-0.05, 0) is 34.4 Å². The molecule has 0 amide bonds. The summed E-state index contributed by atoms with van der Waals surface area (Å²) in [7, 11) is 0. The molecule has 7 nitrogen and oxygen atoms in total. The smallest absolute Gasteiger partial charge is 0.276 e. The summed E-state index contributed by atoms with van der Waals surface area (Å²) in [5, 5.41) is 7.49. The molecule has 5 rings (SSSR count). The molecule has 0 atom stereocenters. The van der Waals surface area contributed by atoms with Gasteiger partial charge in [-0.2, -0.15) is 5.10 Å². The van der Waals surface area contributed by atoms with Crippen LogP contribution in [0.5, 0.6) is 0 Å². The first-order chi connectivity index (χ1) is 15.5. The highest BCUT2D eigenvalue weighted by molar-refractivity contribution is 5.91. The lowest BCUT2D eigenvalue weighted by Gasteiger charge is -2.10. The Morgan fingerprint density at radius 3 is 2.50 bits per heavy atom. The van der Waals surface area contributed by atoms with Crippen molar-refractivity contribution in [2.75, 3.05) is 0 Å². The Morgan fingerprint density at radius 2 is 1.72 bits per heavy atom. The van der Waals surface area contributed by atoms with Crippen molar-refractivity contribution >= 4 is 21.8 Å². The van der Waals surface area contributed by atoms with Crippen LogP contribution >= 0.6 is 0 Å². The van der Waals surface area contributed by atoms with Crippen LogP contribution in [0.25, 0.3) is 33.1 Å². The molecule has 0 aliphatic heterocycles. The Morgan fingerprint density at radius 1 is 0.969 bits per heavy atom. The van der Waals surface area contributed by atoms with Gasteiger partial charge in [0, 0.05) is 24.5 Å². The number of aromatic amines is 1. The lowest BCUT2D eigenvalue weighted by atomic mass is 10.0. The molecule has 5 aromatic rings. The zero-order valence-electron chi connectivity index (χ0n) is 17.9. The predicted molar refractivity (Wildman–Crippen MR) is 126 cm³/mol. The predicted octanol–water partition coefficient (Wildman–Crippen LogP) is 3.81. The van der Waals surface area contributed by atoms with Crippen LogP contribution in [-0.2, 0) is 13.1 Å². The lowest BCUT2D eigenvalue weighted by Crippen LogP contribution is -2.31. The highest BCUT2D eigenvalue weighted by atomic mass is 16.2. The number of rotatable bonds is 5. The van der Waals surface area contributed by atoms with Crippen molar-refractivity contribution in [3.05, 3.63) is 93.4 Å². The first-order valence-corrected chi connectivity index (χ1v) is 10.6. The van der Waals surface area contributed by atoms with Crippen molar-refractivity contribution in [3.8, 4) is 11.3 Å². The van der Waals surface area contributed by atoms with Crippen LogP contribution in [0, 0.1) is 5.92 Å². The maximum Gasteiger partial charge on any atom is 0.330 e. The standard InChI is InChI=1S/C25H23N5O2/c1-16(2)14-29-23-21(24(31)27-25(29)32)22(18-10-12-26-13-11-18)30(28-23)15-19-8-5-7-17-6-3-4-9-20(17)19/h3-13,16H,14-15H2,1-2H3,(H,27,31,32). The van der Waals surface area contributed by atoms with Gasteiger partial charge in [0.25, 0.3) is 5.56 Å². The van der Waals surface area contributed by atoms with Crippen LogP contribution < -0.4 is 11.2 Å². The van der Waals surface area contributed by atoms with Crippen molar-refractivity contribution in [3.63, 3.8) is 0 Å². The lowest BCUT2D eigenvalue weighted by molar-refractivity contribution is 0.510. The summed E-state index contributed by atoms with van der Waals surface area (Å²) < 4.78 is 3.39. The van der Waals surface area contributed by atoms with Gasteiger partial charge in [-0.3, -0.25) is 24.0 Å². The Labute approximate surface area is 184 Å². The number of nitrogens with one attached hydrogen (secondary N) is 1. The molecule has 3 aromatic heterocycles. The number of pyridine rings is 1. The molecular formula is C25H23N5O2. The Bertz CT molecular complexity index is 1540. The van der Waals surface area contributed by atoms with Crippen LogP contribution in [0.4, 0.5) is 0 Å². The zero-order chi connectivity index (χ0) is 22.2. The molecule has 0 fully saturated rings. The highest BCUT2D eigenvalue weighted by Crippen LogP contribution is 2.28. The monoisotopic (exact) mass is 425 g/mol. The minimum absolute atomic E-state index is 0.217. The topological polar surface area (TPSA) is 85.6 Å². The summed E-state index contributed by atoms with van der Waals surface area (Å²) in [6.07, 6.45) is 3.38. The Kier molecular flexibility index (Phi) is 4.93. The number of H-pyrrole nitrogens is 1. The first kappa shape index (κ1) is 19.9. The average molecular weight is 425 g/mol. The van der Waals surface area contributed by atoms with Gasteiger partial charge in [-0.25, -0.2) is 4.79 Å². The molecule has 0 aliphatic carbocycles. The molecule has 0 spiro atoms. The third-order valence-corrected chi connectivity index (χ3v) is 5.58. The van der Waals surface area contributed by atoms with Gasteiger partial charge in [-0.15, -0.1) is 0 Å². The second-order valence-corrected chi connectivity index (χ2v) is 8.34. The summed E-state index contributed by atoms with van der Waals surface area (Å²) in [6.45, 7) is 4.98. The molecule has 0 aliphatic rings. The number of aromatic nitrogens is 5. The normalized spacial score (nSPS) is 11.6. The molecule has 32 heavy (non-hydrogen) atoms. The van der Waals surface area contributed by atoms with Gasteiger partial charge < -0.3 is 0 Å². The molecule has 0 bridgehead atoms. The molecular weight excluding hydrogens is 402 g/mol. The van der Waals surface area contributed by atoms with E-state index in [-0.39, 0.29) is 5.92 Å². The van der Waals surface area contributed by atoms with Gasteiger partial charge in [-0.1, -0.05) is 56.3 Å². The van der Waals surface area contributed by atoms with E-state index in [1.807, 2.05) is 48.9 Å². The number of hydrogen-bond acceptors (Lipinski definition) is 4.